The molecule has 0 unspecified atom stereocenters. The molecule has 2 aromatic heterocycles. The molecule has 0 saturated carbocycles. The highest BCUT2D eigenvalue weighted by molar-refractivity contribution is 7.99. The Labute approximate surface area is 182 Å². The molecular formula is C22H19N5O3S. The van der Waals surface area contributed by atoms with Crippen LogP contribution < -0.4 is 14.8 Å². The second-order valence-electron chi connectivity index (χ2n) is 7.25. The summed E-state index contributed by atoms with van der Waals surface area (Å²) in [5, 5.41) is 16.5. The molecule has 8 nitrogen and oxygen atoms in total. The normalized spacial score (nSPS) is 12.3. The molecule has 3 heterocycles. The van der Waals surface area contributed by atoms with Crippen molar-refractivity contribution < 1.29 is 14.3 Å². The fourth-order valence-electron chi connectivity index (χ4n) is 3.44. The van der Waals surface area contributed by atoms with E-state index in [9.17, 15) is 4.79 Å². The first kappa shape index (κ1) is 19.4. The third-order valence-corrected chi connectivity index (χ3v) is 5.66. The molecule has 1 amide bonds. The number of hydrogen-bond acceptors (Lipinski definition) is 7. The zero-order valence-corrected chi connectivity index (χ0v) is 17.8. The van der Waals surface area contributed by atoms with Gasteiger partial charge in [0.15, 0.2) is 17.1 Å². The van der Waals surface area contributed by atoms with Crippen LogP contribution >= 0.6 is 11.8 Å². The van der Waals surface area contributed by atoms with Gasteiger partial charge < -0.3 is 14.8 Å². The van der Waals surface area contributed by atoms with E-state index >= 15 is 0 Å². The maximum absolute atomic E-state index is 12.4. The quantitative estimate of drug-likeness (QED) is 0.478. The Kier molecular flexibility index (Phi) is 4.95. The van der Waals surface area contributed by atoms with E-state index in [0.29, 0.717) is 16.6 Å². The van der Waals surface area contributed by atoms with Crippen LogP contribution in [0.25, 0.3) is 16.9 Å². The molecular weight excluding hydrogens is 414 g/mol. The molecule has 4 aromatic rings. The van der Waals surface area contributed by atoms with E-state index in [1.165, 1.54) is 11.8 Å². The van der Waals surface area contributed by atoms with Gasteiger partial charge in [-0.1, -0.05) is 17.8 Å². The van der Waals surface area contributed by atoms with Gasteiger partial charge in [-0.05, 0) is 67.4 Å². The van der Waals surface area contributed by atoms with E-state index in [4.69, 9.17) is 9.47 Å². The summed E-state index contributed by atoms with van der Waals surface area (Å²) in [7, 11) is 0. The average Bonchev–Trinajstić information content (AvgIpc) is 3.37. The van der Waals surface area contributed by atoms with Crippen LogP contribution in [0.5, 0.6) is 11.5 Å². The molecule has 0 saturated heterocycles. The smallest absolute Gasteiger partial charge is 0.234 e. The summed E-state index contributed by atoms with van der Waals surface area (Å²) in [4.78, 5) is 12.4. The minimum atomic E-state index is -0.112. The largest absolute Gasteiger partial charge is 0.454 e. The molecule has 0 fully saturated rings. The van der Waals surface area contributed by atoms with E-state index in [2.05, 4.69) is 26.7 Å². The molecule has 0 bridgehead atoms. The SMILES string of the molecule is Cc1cc(C)cc(NC(=O)CSc2nnc3ccc(-c4ccc5c(c4)OCO5)nn23)c1. The van der Waals surface area contributed by atoms with Crippen LogP contribution in [0.4, 0.5) is 5.69 Å². The molecule has 31 heavy (non-hydrogen) atoms. The van der Waals surface area contributed by atoms with E-state index in [-0.39, 0.29) is 18.5 Å². The second kappa shape index (κ2) is 7.92. The highest BCUT2D eigenvalue weighted by Crippen LogP contribution is 2.35. The summed E-state index contributed by atoms with van der Waals surface area (Å²) in [5.41, 5.74) is 5.24. The van der Waals surface area contributed by atoms with Crippen LogP contribution in [-0.4, -0.2) is 38.3 Å². The van der Waals surface area contributed by atoms with Gasteiger partial charge in [-0.15, -0.1) is 10.2 Å². The van der Waals surface area contributed by atoms with Gasteiger partial charge in [0.25, 0.3) is 0 Å². The van der Waals surface area contributed by atoms with E-state index in [1.54, 1.807) is 4.52 Å². The average molecular weight is 433 g/mol. The standard InChI is InChI=1S/C22H19N5O3S/c1-13-7-14(2)9-16(8-13)23-21(28)11-31-22-25-24-20-6-4-17(26-27(20)22)15-3-5-18-19(10-15)30-12-29-18/h3-10H,11-12H2,1-2H3,(H,23,28). The van der Waals surface area contributed by atoms with Gasteiger partial charge in [0, 0.05) is 11.3 Å². The van der Waals surface area contributed by atoms with E-state index < -0.39 is 0 Å². The van der Waals surface area contributed by atoms with Gasteiger partial charge in [-0.2, -0.15) is 9.61 Å². The van der Waals surface area contributed by atoms with Gasteiger partial charge in [-0.25, -0.2) is 0 Å². The molecule has 0 aliphatic carbocycles. The first-order chi connectivity index (χ1) is 15.0. The van der Waals surface area contributed by atoms with Crippen molar-refractivity contribution in [3.05, 3.63) is 59.7 Å². The lowest BCUT2D eigenvalue weighted by Crippen LogP contribution is -2.14. The Morgan fingerprint density at radius 1 is 1.03 bits per heavy atom. The highest BCUT2D eigenvalue weighted by Gasteiger charge is 2.16. The van der Waals surface area contributed by atoms with Crippen LogP contribution in [0.15, 0.2) is 53.7 Å². The number of carbonyl (C=O) groups is 1. The summed E-state index contributed by atoms with van der Waals surface area (Å²) in [6, 6.07) is 15.4. The van der Waals surface area contributed by atoms with Crippen LogP contribution in [0.2, 0.25) is 0 Å². The molecule has 1 aliphatic rings. The van der Waals surface area contributed by atoms with Crippen molar-refractivity contribution in [3.8, 4) is 22.8 Å². The second-order valence-corrected chi connectivity index (χ2v) is 8.19. The van der Waals surface area contributed by atoms with Crippen molar-refractivity contribution in [2.75, 3.05) is 17.9 Å². The van der Waals surface area contributed by atoms with Crippen molar-refractivity contribution in [2.24, 2.45) is 0 Å². The molecule has 0 atom stereocenters. The Hall–Kier alpha value is -3.59. The zero-order valence-electron chi connectivity index (χ0n) is 17.0. The lowest BCUT2D eigenvalue weighted by atomic mass is 10.1. The molecule has 5 rings (SSSR count). The van der Waals surface area contributed by atoms with Crippen molar-refractivity contribution in [3.63, 3.8) is 0 Å². The number of amides is 1. The Morgan fingerprint density at radius 3 is 2.68 bits per heavy atom. The van der Waals surface area contributed by atoms with Crippen molar-refractivity contribution in [2.45, 2.75) is 19.0 Å². The molecule has 0 radical (unpaired) electrons. The van der Waals surface area contributed by atoms with Gasteiger partial charge in [-0.3, -0.25) is 4.79 Å². The summed E-state index contributed by atoms with van der Waals surface area (Å²) in [6.07, 6.45) is 0. The third-order valence-electron chi connectivity index (χ3n) is 4.74. The van der Waals surface area contributed by atoms with Crippen LogP contribution in [0, 0.1) is 13.8 Å². The minimum absolute atomic E-state index is 0.112. The number of fused-ring (bicyclic) bond motifs is 2. The number of benzene rings is 2. The summed E-state index contributed by atoms with van der Waals surface area (Å²) in [6.45, 7) is 4.23. The number of hydrogen-bond donors (Lipinski definition) is 1. The predicted octanol–water partition coefficient (Wildman–Crippen LogP) is 3.87. The Balaban J connectivity index is 1.33. The first-order valence-electron chi connectivity index (χ1n) is 9.68. The zero-order chi connectivity index (χ0) is 21.4. The third kappa shape index (κ3) is 4.04. The maximum Gasteiger partial charge on any atom is 0.234 e. The van der Waals surface area contributed by atoms with Crippen molar-refractivity contribution in [1.82, 2.24) is 19.8 Å². The number of aryl methyl sites for hydroxylation is 2. The molecule has 0 spiro atoms. The summed E-state index contributed by atoms with van der Waals surface area (Å²) < 4.78 is 12.5. The number of anilines is 1. The number of carbonyl (C=O) groups excluding carboxylic acids is 1. The van der Waals surface area contributed by atoms with E-state index in [0.717, 1.165) is 33.8 Å². The Bertz CT molecular complexity index is 1280. The number of ether oxygens (including phenoxy) is 2. The van der Waals surface area contributed by atoms with E-state index in [1.807, 2.05) is 56.3 Å². The molecule has 1 N–H and O–H groups in total. The first-order valence-corrected chi connectivity index (χ1v) is 10.7. The number of nitrogens with one attached hydrogen (secondary N) is 1. The highest BCUT2D eigenvalue weighted by atomic mass is 32.2. The fraction of sp³-hybridized carbons (Fsp3) is 0.182. The molecule has 1 aliphatic heterocycles. The van der Waals surface area contributed by atoms with Gasteiger partial charge in [0.05, 0.1) is 11.4 Å². The van der Waals surface area contributed by atoms with Crippen LogP contribution in [-0.2, 0) is 4.79 Å². The lowest BCUT2D eigenvalue weighted by Gasteiger charge is -2.07. The topological polar surface area (TPSA) is 90.6 Å². The number of rotatable bonds is 5. The van der Waals surface area contributed by atoms with Crippen molar-refractivity contribution >= 4 is 29.0 Å². The van der Waals surface area contributed by atoms with Crippen LogP contribution in [0.3, 0.4) is 0 Å². The fourth-order valence-corrected chi connectivity index (χ4v) is 4.13. The molecule has 9 heteroatoms. The monoisotopic (exact) mass is 433 g/mol. The summed E-state index contributed by atoms with van der Waals surface area (Å²) in [5.74, 6) is 1.50. The number of aromatic nitrogens is 4. The molecule has 156 valence electrons. The maximum atomic E-state index is 12.4. The number of thioether (sulfide) groups is 1. The summed E-state index contributed by atoms with van der Waals surface area (Å²) >= 11 is 1.29. The van der Waals surface area contributed by atoms with Crippen molar-refractivity contribution in [1.29, 1.82) is 0 Å². The predicted molar refractivity (Wildman–Crippen MR) is 118 cm³/mol. The van der Waals surface area contributed by atoms with Crippen LogP contribution in [0.1, 0.15) is 11.1 Å². The van der Waals surface area contributed by atoms with Gasteiger partial charge >= 0.3 is 0 Å². The lowest BCUT2D eigenvalue weighted by molar-refractivity contribution is -0.113. The molecule has 2 aromatic carbocycles. The van der Waals surface area contributed by atoms with Gasteiger partial charge in [0.2, 0.25) is 17.9 Å². The minimum Gasteiger partial charge on any atom is -0.454 e. The van der Waals surface area contributed by atoms with Gasteiger partial charge in [0.1, 0.15) is 0 Å². The number of nitrogens with zero attached hydrogens (tertiary/aromatic N) is 4. The Morgan fingerprint density at radius 2 is 1.84 bits per heavy atom.